The highest BCUT2D eigenvalue weighted by atomic mass is 16.6. The highest BCUT2D eigenvalue weighted by Crippen LogP contribution is 2.40. The van der Waals surface area contributed by atoms with E-state index in [2.05, 4.69) is 0 Å². The average molecular weight is 529 g/mol. The van der Waals surface area contributed by atoms with Crippen molar-refractivity contribution in [3.05, 3.63) is 0 Å². The van der Waals surface area contributed by atoms with Crippen LogP contribution in [0.25, 0.3) is 0 Å². The Bertz CT molecular complexity index is 755. The average Bonchev–Trinajstić information content (AvgIpc) is 2.66. The molecule has 0 rings (SSSR count). The Morgan fingerprint density at radius 3 is 0.973 bits per heavy atom. The molecule has 7 nitrogen and oxygen atoms in total. The Kier molecular flexibility index (Phi) is 11.1. The molecule has 0 amide bonds. The first kappa shape index (κ1) is 35.4. The Morgan fingerprint density at radius 2 is 0.730 bits per heavy atom. The van der Waals surface area contributed by atoms with Gasteiger partial charge in [-0.15, -0.1) is 0 Å². The van der Waals surface area contributed by atoms with E-state index >= 15 is 0 Å². The summed E-state index contributed by atoms with van der Waals surface area (Å²) in [5, 5.41) is 11.3. The van der Waals surface area contributed by atoms with Crippen molar-refractivity contribution in [3.8, 4) is 0 Å². The Balaban J connectivity index is 5.72. The van der Waals surface area contributed by atoms with Gasteiger partial charge in [-0.25, -0.2) is 4.79 Å². The van der Waals surface area contributed by atoms with Crippen LogP contribution in [0.5, 0.6) is 0 Å². The molecule has 0 aromatic carbocycles. The fraction of sp³-hybridized carbons (Fsp3) is 0.900. The van der Waals surface area contributed by atoms with Gasteiger partial charge in [0.2, 0.25) is 0 Å². The molecule has 0 aromatic heterocycles. The molecule has 0 aliphatic rings. The third kappa shape index (κ3) is 10.2. The fourth-order valence-electron chi connectivity index (χ4n) is 2.34. The van der Waals surface area contributed by atoms with E-state index in [0.717, 1.165) is 0 Å². The largest absolute Gasteiger partial charge is 0.465 e. The smallest absolute Gasteiger partial charge is 0.339 e. The molecular weight excluding hydrogens is 472 g/mol. The quantitative estimate of drug-likeness (QED) is 0.247. The predicted molar refractivity (Wildman–Crippen MR) is 147 cm³/mol. The summed E-state index contributed by atoms with van der Waals surface area (Å²) in [7, 11) is 0. The molecule has 0 radical (unpaired) electrons. The van der Waals surface area contributed by atoms with Crippen LogP contribution in [0.3, 0.4) is 0 Å². The first-order chi connectivity index (χ1) is 16.1. The molecule has 7 heteroatoms. The summed E-state index contributed by atoms with van der Waals surface area (Å²) in [4.78, 5) is 38.7. The minimum absolute atomic E-state index is 0.00977. The summed E-state index contributed by atoms with van der Waals surface area (Å²) in [6, 6.07) is 0. The molecule has 0 aliphatic carbocycles. The summed E-state index contributed by atoms with van der Waals surface area (Å²) in [6.45, 7) is 30.3. The predicted octanol–water partition coefficient (Wildman–Crippen LogP) is 6.34. The van der Waals surface area contributed by atoms with E-state index in [1.807, 2.05) is 104 Å². The molecule has 1 N–H and O–H groups in total. The summed E-state index contributed by atoms with van der Waals surface area (Å²) >= 11 is 0. The van der Waals surface area contributed by atoms with Gasteiger partial charge < -0.3 is 19.3 Å². The van der Waals surface area contributed by atoms with Crippen molar-refractivity contribution in [3.63, 3.8) is 0 Å². The van der Waals surface area contributed by atoms with Crippen molar-refractivity contribution in [2.45, 2.75) is 122 Å². The van der Waals surface area contributed by atoms with Crippen LogP contribution in [0.1, 0.15) is 117 Å². The van der Waals surface area contributed by atoms with Crippen LogP contribution in [0, 0.1) is 32.5 Å². The van der Waals surface area contributed by atoms with Crippen molar-refractivity contribution in [2.75, 3.05) is 19.8 Å². The number of aliphatic hydroxyl groups is 1. The highest BCUT2D eigenvalue weighted by Gasteiger charge is 2.46. The molecule has 0 unspecified atom stereocenters. The van der Waals surface area contributed by atoms with Gasteiger partial charge in [-0.2, -0.15) is 0 Å². The molecule has 0 aromatic rings. The molecule has 0 aliphatic heterocycles. The van der Waals surface area contributed by atoms with Crippen molar-refractivity contribution >= 4 is 17.9 Å². The maximum Gasteiger partial charge on any atom is 0.339 e. The van der Waals surface area contributed by atoms with Crippen LogP contribution in [0.15, 0.2) is 0 Å². The van der Waals surface area contributed by atoms with Crippen LogP contribution in [-0.2, 0) is 28.6 Å². The van der Waals surface area contributed by atoms with Crippen LogP contribution in [0.4, 0.5) is 0 Å². The minimum Gasteiger partial charge on any atom is -0.465 e. The lowest BCUT2D eigenvalue weighted by molar-refractivity contribution is -0.183. The number of carbonyl (C=O) groups excluding carboxylic acids is 3. The third-order valence-corrected chi connectivity index (χ3v) is 9.10. The van der Waals surface area contributed by atoms with Gasteiger partial charge in [0.15, 0.2) is 5.60 Å². The third-order valence-electron chi connectivity index (χ3n) is 9.10. The number of hydrogen-bond acceptors (Lipinski definition) is 7. The van der Waals surface area contributed by atoms with Crippen molar-refractivity contribution in [2.24, 2.45) is 32.5 Å². The Morgan fingerprint density at radius 1 is 0.486 bits per heavy atom. The second-order valence-corrected chi connectivity index (χ2v) is 15.7. The van der Waals surface area contributed by atoms with E-state index in [-0.39, 0.29) is 46.9 Å². The number of hydrogen-bond donors (Lipinski definition) is 1. The highest BCUT2D eigenvalue weighted by molar-refractivity contribution is 5.90. The minimum atomic E-state index is -2.40. The lowest BCUT2D eigenvalue weighted by atomic mass is 9.70. The zero-order valence-corrected chi connectivity index (χ0v) is 26.4. The van der Waals surface area contributed by atoms with Gasteiger partial charge in [0.1, 0.15) is 0 Å². The van der Waals surface area contributed by atoms with E-state index in [1.54, 1.807) is 0 Å². The molecule has 0 atom stereocenters. The fourth-order valence-corrected chi connectivity index (χ4v) is 2.34. The molecule has 0 heterocycles. The molecule has 0 saturated heterocycles. The number of carbonyl (C=O) groups is 3. The Labute approximate surface area is 226 Å². The number of rotatable bonds is 11. The molecular formula is C30H56O7. The lowest BCUT2D eigenvalue weighted by Gasteiger charge is -2.39. The summed E-state index contributed by atoms with van der Waals surface area (Å²) in [5.74, 6) is -2.60. The van der Waals surface area contributed by atoms with Crippen molar-refractivity contribution in [1.82, 2.24) is 0 Å². The van der Waals surface area contributed by atoms with Crippen LogP contribution in [-0.4, -0.2) is 48.4 Å². The van der Waals surface area contributed by atoms with Crippen LogP contribution >= 0.6 is 0 Å². The number of esters is 3. The molecule has 0 saturated carbocycles. The van der Waals surface area contributed by atoms with E-state index in [9.17, 15) is 19.5 Å². The van der Waals surface area contributed by atoms with Crippen LogP contribution in [0.2, 0.25) is 0 Å². The molecule has 0 bridgehead atoms. The first-order valence-corrected chi connectivity index (χ1v) is 13.3. The molecule has 218 valence electrons. The van der Waals surface area contributed by atoms with E-state index < -0.39 is 41.8 Å². The Hall–Kier alpha value is -1.63. The van der Waals surface area contributed by atoms with E-state index in [4.69, 9.17) is 14.2 Å². The van der Waals surface area contributed by atoms with Gasteiger partial charge in [0.25, 0.3) is 0 Å². The summed E-state index contributed by atoms with van der Waals surface area (Å²) in [6.07, 6.45) is -1.42. The zero-order valence-electron chi connectivity index (χ0n) is 26.4. The maximum atomic E-state index is 13.1. The number of ether oxygens (including phenoxy) is 3. The molecule has 37 heavy (non-hydrogen) atoms. The SMILES string of the molecule is CC(C)(C)C(C)(C)COC(=O)CC(O)(CC(=O)OCC(C)(C)C(C)(C)C)C(=O)OCC(C)(C)C(C)(C)C. The first-order valence-electron chi connectivity index (χ1n) is 13.3. The summed E-state index contributed by atoms with van der Waals surface area (Å²) in [5.41, 5.74) is -4.02. The van der Waals surface area contributed by atoms with E-state index in [0.29, 0.717) is 0 Å². The van der Waals surface area contributed by atoms with Gasteiger partial charge in [-0.1, -0.05) is 104 Å². The normalized spacial score (nSPS) is 14.3. The topological polar surface area (TPSA) is 99.1 Å². The van der Waals surface area contributed by atoms with Gasteiger partial charge in [0.05, 0.1) is 32.7 Å². The van der Waals surface area contributed by atoms with Crippen molar-refractivity contribution in [1.29, 1.82) is 0 Å². The standard InChI is InChI=1S/C30H56O7/c1-24(2,3)27(10,11)18-35-21(31)16-30(34,23(33)37-20-29(14,15)26(7,8)9)17-22(32)36-19-28(12,13)25(4,5)6/h34H,16-20H2,1-15H3. The molecule has 0 fully saturated rings. The summed E-state index contributed by atoms with van der Waals surface area (Å²) < 4.78 is 16.4. The lowest BCUT2D eigenvalue weighted by Crippen LogP contribution is -2.47. The van der Waals surface area contributed by atoms with Gasteiger partial charge in [0, 0.05) is 16.2 Å². The van der Waals surface area contributed by atoms with Crippen molar-refractivity contribution < 1.29 is 33.7 Å². The maximum absolute atomic E-state index is 13.1. The zero-order chi connectivity index (χ0) is 29.9. The monoisotopic (exact) mass is 528 g/mol. The van der Waals surface area contributed by atoms with E-state index in [1.165, 1.54) is 0 Å². The second-order valence-electron chi connectivity index (χ2n) is 15.7. The van der Waals surface area contributed by atoms with Gasteiger partial charge in [-0.3, -0.25) is 9.59 Å². The second kappa shape index (κ2) is 11.6. The van der Waals surface area contributed by atoms with Gasteiger partial charge >= 0.3 is 17.9 Å². The molecule has 0 spiro atoms. The van der Waals surface area contributed by atoms with Crippen LogP contribution < -0.4 is 0 Å². The van der Waals surface area contributed by atoms with Gasteiger partial charge in [-0.05, 0) is 16.2 Å².